The molecule has 1 atom stereocenters. The van der Waals surface area contributed by atoms with Crippen molar-refractivity contribution in [3.63, 3.8) is 0 Å². The Morgan fingerprint density at radius 2 is 1.79 bits per heavy atom. The van der Waals surface area contributed by atoms with Crippen LogP contribution in [0.5, 0.6) is 0 Å². The molecule has 4 nitrogen and oxygen atoms in total. The number of allylic oxidation sites excluding steroid dienone is 4. The largest absolute Gasteiger partial charge is 0.369 e. The molecule has 2 heterocycles. The highest BCUT2D eigenvalue weighted by Crippen LogP contribution is 2.33. The van der Waals surface area contributed by atoms with Crippen molar-refractivity contribution in [1.82, 2.24) is 9.80 Å². The van der Waals surface area contributed by atoms with Crippen molar-refractivity contribution in [3.8, 4) is 0 Å². The Labute approximate surface area is 209 Å². The number of para-hydroxylation sites is 1. The fraction of sp³-hybridized carbons (Fsp3) is 0.567. The highest BCUT2D eigenvalue weighted by molar-refractivity contribution is 5.95. The summed E-state index contributed by atoms with van der Waals surface area (Å²) in [5, 5.41) is 0. The number of amides is 1. The highest BCUT2D eigenvalue weighted by atomic mass is 16.2. The summed E-state index contributed by atoms with van der Waals surface area (Å²) in [6.45, 7) is 20.9. The van der Waals surface area contributed by atoms with Crippen molar-refractivity contribution in [2.24, 2.45) is 0 Å². The topological polar surface area (TPSA) is 26.8 Å². The Morgan fingerprint density at radius 3 is 2.41 bits per heavy atom. The average molecular weight is 466 g/mol. The second-order valence-corrected chi connectivity index (χ2v) is 9.61. The van der Waals surface area contributed by atoms with Crippen LogP contribution in [-0.4, -0.2) is 53.5 Å². The van der Waals surface area contributed by atoms with Crippen LogP contribution in [0.4, 0.5) is 5.69 Å². The summed E-state index contributed by atoms with van der Waals surface area (Å²) in [4.78, 5) is 20.4. The first-order valence-corrected chi connectivity index (χ1v) is 13.3. The van der Waals surface area contributed by atoms with Gasteiger partial charge in [-0.1, -0.05) is 63.8 Å². The SMILES string of the molecule is C=C/C=C\C(=C/C)N1CCN(C(C)(C)CC(CC)N2C(=O)CCCc3ccccc32)CC1.CC. The summed E-state index contributed by atoms with van der Waals surface area (Å²) in [7, 11) is 0. The van der Waals surface area contributed by atoms with Gasteiger partial charge >= 0.3 is 0 Å². The summed E-state index contributed by atoms with van der Waals surface area (Å²) in [5.41, 5.74) is 3.74. The van der Waals surface area contributed by atoms with Crippen LogP contribution in [-0.2, 0) is 11.2 Å². The molecule has 0 radical (unpaired) electrons. The van der Waals surface area contributed by atoms with Crippen molar-refractivity contribution in [2.75, 3.05) is 31.1 Å². The summed E-state index contributed by atoms with van der Waals surface area (Å²) in [6, 6.07) is 8.72. The van der Waals surface area contributed by atoms with Gasteiger partial charge < -0.3 is 9.80 Å². The summed E-state index contributed by atoms with van der Waals surface area (Å²) in [5.74, 6) is 0.286. The van der Waals surface area contributed by atoms with E-state index in [1.807, 2.05) is 26.0 Å². The van der Waals surface area contributed by atoms with E-state index in [0.29, 0.717) is 6.42 Å². The Kier molecular flexibility index (Phi) is 11.1. The third-order valence-electron chi connectivity index (χ3n) is 7.13. The smallest absolute Gasteiger partial charge is 0.227 e. The summed E-state index contributed by atoms with van der Waals surface area (Å²) >= 11 is 0. The molecule has 0 bridgehead atoms. The van der Waals surface area contributed by atoms with Crippen LogP contribution in [0, 0.1) is 0 Å². The van der Waals surface area contributed by atoms with E-state index in [-0.39, 0.29) is 17.5 Å². The molecule has 0 aliphatic carbocycles. The van der Waals surface area contributed by atoms with Gasteiger partial charge in [0, 0.05) is 55.6 Å². The van der Waals surface area contributed by atoms with Gasteiger partial charge in [0.15, 0.2) is 0 Å². The predicted octanol–water partition coefficient (Wildman–Crippen LogP) is 6.59. The van der Waals surface area contributed by atoms with Crippen LogP contribution in [0.15, 0.2) is 60.8 Å². The molecule has 34 heavy (non-hydrogen) atoms. The second-order valence-electron chi connectivity index (χ2n) is 9.61. The molecule has 2 aliphatic rings. The zero-order valence-electron chi connectivity index (χ0n) is 22.5. The number of nitrogens with zero attached hydrogens (tertiary/aromatic N) is 3. The zero-order valence-corrected chi connectivity index (χ0v) is 22.5. The number of hydrogen-bond donors (Lipinski definition) is 0. The lowest BCUT2D eigenvalue weighted by atomic mass is 9.89. The van der Waals surface area contributed by atoms with Gasteiger partial charge in [-0.3, -0.25) is 9.69 Å². The van der Waals surface area contributed by atoms with Gasteiger partial charge in [-0.25, -0.2) is 0 Å². The monoisotopic (exact) mass is 465 g/mol. The number of anilines is 1. The van der Waals surface area contributed by atoms with E-state index >= 15 is 0 Å². The molecule has 0 N–H and O–H groups in total. The average Bonchev–Trinajstić information content (AvgIpc) is 3.02. The lowest BCUT2D eigenvalue weighted by Crippen LogP contribution is -2.56. The third-order valence-corrected chi connectivity index (χ3v) is 7.13. The van der Waals surface area contributed by atoms with Crippen LogP contribution >= 0.6 is 0 Å². The molecule has 0 aromatic heterocycles. The number of hydrogen-bond acceptors (Lipinski definition) is 3. The van der Waals surface area contributed by atoms with Gasteiger partial charge in [-0.2, -0.15) is 0 Å². The van der Waals surface area contributed by atoms with Crippen molar-refractivity contribution in [3.05, 3.63) is 66.4 Å². The maximum absolute atomic E-state index is 13.2. The maximum atomic E-state index is 13.2. The van der Waals surface area contributed by atoms with Gasteiger partial charge in [0.25, 0.3) is 0 Å². The van der Waals surface area contributed by atoms with Crippen LogP contribution in [0.25, 0.3) is 0 Å². The van der Waals surface area contributed by atoms with Crippen molar-refractivity contribution in [1.29, 1.82) is 0 Å². The number of piperazine rings is 1. The fourth-order valence-corrected chi connectivity index (χ4v) is 5.29. The molecule has 1 aromatic rings. The quantitative estimate of drug-likeness (QED) is 0.405. The Hall–Kier alpha value is -2.33. The lowest BCUT2D eigenvalue weighted by Gasteiger charge is -2.47. The van der Waals surface area contributed by atoms with Gasteiger partial charge in [0.05, 0.1) is 0 Å². The number of fused-ring (bicyclic) bond motifs is 1. The normalized spacial score (nSPS) is 18.8. The molecule has 188 valence electrons. The number of rotatable bonds is 8. The van der Waals surface area contributed by atoms with Gasteiger partial charge in [-0.15, -0.1) is 0 Å². The minimum absolute atomic E-state index is 0.0291. The van der Waals surface area contributed by atoms with Gasteiger partial charge in [0.1, 0.15) is 0 Å². The Morgan fingerprint density at radius 1 is 1.12 bits per heavy atom. The molecule has 0 spiro atoms. The van der Waals surface area contributed by atoms with Crippen LogP contribution in [0.2, 0.25) is 0 Å². The molecule has 1 saturated heterocycles. The predicted molar refractivity (Wildman–Crippen MR) is 147 cm³/mol. The van der Waals surface area contributed by atoms with Crippen molar-refractivity contribution < 1.29 is 4.79 Å². The molecule has 2 aliphatic heterocycles. The first kappa shape index (κ1) is 27.9. The van der Waals surface area contributed by atoms with Crippen LogP contribution in [0.1, 0.15) is 72.8 Å². The molecular formula is C30H47N3O. The molecule has 0 saturated carbocycles. The third kappa shape index (κ3) is 6.85. The summed E-state index contributed by atoms with van der Waals surface area (Å²) < 4.78 is 0. The molecular weight excluding hydrogens is 418 g/mol. The highest BCUT2D eigenvalue weighted by Gasteiger charge is 2.36. The fourth-order valence-electron chi connectivity index (χ4n) is 5.29. The number of carbonyl (C=O) groups is 1. The van der Waals surface area contributed by atoms with Crippen molar-refractivity contribution in [2.45, 2.75) is 85.2 Å². The second kappa shape index (κ2) is 13.5. The first-order valence-electron chi connectivity index (χ1n) is 13.3. The maximum Gasteiger partial charge on any atom is 0.227 e. The van der Waals surface area contributed by atoms with Gasteiger partial charge in [-0.05, 0) is 64.2 Å². The standard InChI is InChI=1S/C28H41N3O.C2H6/c1-6-9-15-24(7-2)29-18-20-30(21-19-29)28(4,5)22-25(8-3)31-26-16-11-10-13-23(26)14-12-17-27(31)32;1-2/h6-7,9-11,13,15-16,25H,1,8,12,14,17-22H2,2-5H3;1-2H3/b15-9-,24-7+;. The first-order chi connectivity index (χ1) is 16.4. The van der Waals surface area contributed by atoms with Crippen molar-refractivity contribution >= 4 is 11.6 Å². The zero-order chi connectivity index (χ0) is 25.1. The van der Waals surface area contributed by atoms with Crippen LogP contribution < -0.4 is 4.90 Å². The van der Waals surface area contributed by atoms with E-state index in [9.17, 15) is 4.79 Å². The van der Waals surface area contributed by atoms with E-state index in [4.69, 9.17) is 0 Å². The lowest BCUT2D eigenvalue weighted by molar-refractivity contribution is -0.119. The molecule has 4 heteroatoms. The number of benzene rings is 1. The van der Waals surface area contributed by atoms with E-state index < -0.39 is 0 Å². The minimum Gasteiger partial charge on any atom is -0.369 e. The Balaban J connectivity index is 0.00000199. The van der Waals surface area contributed by atoms with Crippen LogP contribution in [0.3, 0.4) is 0 Å². The molecule has 1 unspecified atom stereocenters. The van der Waals surface area contributed by atoms with E-state index in [2.05, 4.69) is 85.4 Å². The molecule has 1 fully saturated rings. The summed E-state index contributed by atoms with van der Waals surface area (Å²) in [6.07, 6.45) is 12.7. The Bertz CT molecular complexity index is 846. The molecule has 1 amide bonds. The molecule has 3 rings (SSSR count). The van der Waals surface area contributed by atoms with E-state index in [1.165, 1.54) is 11.3 Å². The minimum atomic E-state index is 0.0291. The molecule has 1 aromatic carbocycles. The number of aryl methyl sites for hydroxylation is 1. The van der Waals surface area contributed by atoms with Gasteiger partial charge in [0.2, 0.25) is 5.91 Å². The number of carbonyl (C=O) groups excluding carboxylic acids is 1. The van der Waals surface area contributed by atoms with E-state index in [1.54, 1.807) is 0 Å². The van der Waals surface area contributed by atoms with E-state index in [0.717, 1.165) is 57.5 Å².